The fourth-order valence-corrected chi connectivity index (χ4v) is 2.41. The molecule has 1 unspecified atom stereocenters. The Morgan fingerprint density at radius 1 is 1.80 bits per heavy atom. The van der Waals surface area contributed by atoms with Crippen LogP contribution in [0.15, 0.2) is 23.7 Å². The molecule has 0 aliphatic carbocycles. The number of nitrogens with zero attached hydrogens (tertiary/aromatic N) is 1. The van der Waals surface area contributed by atoms with Crippen LogP contribution in [0, 0.1) is 0 Å². The molecule has 1 heterocycles. The van der Waals surface area contributed by atoms with E-state index in [4.69, 9.17) is 5.73 Å². The van der Waals surface area contributed by atoms with Crippen LogP contribution in [0.3, 0.4) is 0 Å². The number of hydrogen-bond acceptors (Lipinski definition) is 4. The molecular weight excluding hydrogens is 216 g/mol. The minimum absolute atomic E-state index is 0.0292. The van der Waals surface area contributed by atoms with Crippen LogP contribution in [0.1, 0.15) is 13.3 Å². The summed E-state index contributed by atoms with van der Waals surface area (Å²) in [5.74, 6) is 0.0355. The highest BCUT2D eigenvalue weighted by molar-refractivity contribution is 7.89. The second-order valence-corrected chi connectivity index (χ2v) is 4.88. The number of nitrogens with two attached hydrogens (primary N) is 1. The molecule has 0 saturated carbocycles. The largest absolute Gasteiger partial charge is 0.383 e. The van der Waals surface area contributed by atoms with Crippen molar-refractivity contribution in [2.75, 3.05) is 5.73 Å². The Bertz CT molecular complexity index is 437. The van der Waals surface area contributed by atoms with Crippen LogP contribution in [0.5, 0.6) is 0 Å². The van der Waals surface area contributed by atoms with Crippen molar-refractivity contribution in [2.45, 2.75) is 24.3 Å². The van der Waals surface area contributed by atoms with Gasteiger partial charge in [-0.15, -0.1) is 6.58 Å². The van der Waals surface area contributed by atoms with Crippen LogP contribution in [-0.4, -0.2) is 24.7 Å². The van der Waals surface area contributed by atoms with Crippen molar-refractivity contribution < 1.29 is 8.42 Å². The summed E-state index contributed by atoms with van der Waals surface area (Å²) in [6, 6.07) is -0.221. The second kappa shape index (κ2) is 4.45. The van der Waals surface area contributed by atoms with Gasteiger partial charge in [0.2, 0.25) is 10.0 Å². The Balaban J connectivity index is 2.85. The van der Waals surface area contributed by atoms with Gasteiger partial charge in [0, 0.05) is 6.04 Å². The Morgan fingerprint density at radius 2 is 2.47 bits per heavy atom. The normalized spacial score (nSPS) is 13.7. The molecule has 0 spiro atoms. The van der Waals surface area contributed by atoms with Gasteiger partial charge in [-0.1, -0.05) is 6.08 Å². The maximum atomic E-state index is 11.7. The minimum atomic E-state index is -3.59. The van der Waals surface area contributed by atoms with Gasteiger partial charge < -0.3 is 5.73 Å². The van der Waals surface area contributed by atoms with Crippen molar-refractivity contribution in [3.05, 3.63) is 18.9 Å². The Kier molecular flexibility index (Phi) is 3.48. The predicted molar refractivity (Wildman–Crippen MR) is 57.6 cm³/mol. The first kappa shape index (κ1) is 11.7. The lowest BCUT2D eigenvalue weighted by Crippen LogP contribution is -2.32. The highest BCUT2D eigenvalue weighted by Crippen LogP contribution is 2.14. The number of aromatic amines is 1. The second-order valence-electron chi connectivity index (χ2n) is 3.19. The number of nitrogen functional groups attached to an aromatic ring is 1. The SMILES string of the molecule is C=CCC(C)NS(=O)(=O)c1cn[nH]c1N. The zero-order valence-corrected chi connectivity index (χ0v) is 9.21. The van der Waals surface area contributed by atoms with Crippen LogP contribution in [0.2, 0.25) is 0 Å². The van der Waals surface area contributed by atoms with Gasteiger partial charge in [-0.25, -0.2) is 13.1 Å². The Morgan fingerprint density at radius 3 is 2.93 bits per heavy atom. The third-order valence-corrected chi connectivity index (χ3v) is 3.42. The first-order valence-electron chi connectivity index (χ1n) is 4.39. The summed E-state index contributed by atoms with van der Waals surface area (Å²) in [6.07, 6.45) is 3.38. The van der Waals surface area contributed by atoms with E-state index < -0.39 is 10.0 Å². The molecule has 0 radical (unpaired) electrons. The van der Waals surface area contributed by atoms with Crippen molar-refractivity contribution >= 4 is 15.8 Å². The highest BCUT2D eigenvalue weighted by atomic mass is 32.2. The van der Waals surface area contributed by atoms with E-state index in [1.807, 2.05) is 0 Å². The van der Waals surface area contributed by atoms with Gasteiger partial charge in [0.25, 0.3) is 0 Å². The van der Waals surface area contributed by atoms with Gasteiger partial charge in [-0.2, -0.15) is 5.10 Å². The monoisotopic (exact) mass is 230 g/mol. The van der Waals surface area contributed by atoms with Crippen LogP contribution in [0.4, 0.5) is 5.82 Å². The maximum absolute atomic E-state index is 11.7. The first-order chi connectivity index (χ1) is 6.97. The Hall–Kier alpha value is -1.34. The molecule has 0 bridgehead atoms. The fourth-order valence-electron chi connectivity index (χ4n) is 1.13. The lowest BCUT2D eigenvalue weighted by Gasteiger charge is -2.11. The summed E-state index contributed by atoms with van der Waals surface area (Å²) in [5.41, 5.74) is 5.42. The molecule has 0 aliphatic heterocycles. The lowest BCUT2D eigenvalue weighted by atomic mass is 10.3. The summed E-state index contributed by atoms with van der Waals surface area (Å²) in [7, 11) is -3.59. The minimum Gasteiger partial charge on any atom is -0.383 e. The van der Waals surface area contributed by atoms with Gasteiger partial charge >= 0.3 is 0 Å². The predicted octanol–water partition coefficient (Wildman–Crippen LogP) is 0.235. The van der Waals surface area contributed by atoms with Crippen LogP contribution in [0.25, 0.3) is 0 Å². The Labute approximate surface area is 88.6 Å². The van der Waals surface area contributed by atoms with E-state index in [0.29, 0.717) is 6.42 Å². The van der Waals surface area contributed by atoms with Crippen molar-refractivity contribution in [1.82, 2.24) is 14.9 Å². The number of anilines is 1. The molecule has 0 fully saturated rings. The van der Waals surface area contributed by atoms with Crippen molar-refractivity contribution in [3.8, 4) is 0 Å². The molecule has 84 valence electrons. The molecule has 0 aromatic carbocycles. The molecular formula is C8H14N4O2S. The number of nitrogens with one attached hydrogen (secondary N) is 2. The van der Waals surface area contributed by atoms with Gasteiger partial charge in [0.05, 0.1) is 6.20 Å². The van der Waals surface area contributed by atoms with E-state index >= 15 is 0 Å². The number of H-pyrrole nitrogens is 1. The summed E-state index contributed by atoms with van der Waals surface area (Å²) >= 11 is 0. The lowest BCUT2D eigenvalue weighted by molar-refractivity contribution is 0.562. The van der Waals surface area contributed by atoms with E-state index in [0.717, 1.165) is 0 Å². The average Bonchev–Trinajstić information content (AvgIpc) is 2.51. The third-order valence-electron chi connectivity index (χ3n) is 1.80. The van der Waals surface area contributed by atoms with E-state index in [2.05, 4.69) is 21.5 Å². The zero-order valence-electron chi connectivity index (χ0n) is 8.40. The van der Waals surface area contributed by atoms with Gasteiger partial charge in [0.1, 0.15) is 10.7 Å². The zero-order chi connectivity index (χ0) is 11.5. The van der Waals surface area contributed by atoms with E-state index in [-0.39, 0.29) is 16.8 Å². The summed E-state index contributed by atoms with van der Waals surface area (Å²) in [6.45, 7) is 5.28. The average molecular weight is 230 g/mol. The first-order valence-corrected chi connectivity index (χ1v) is 5.87. The standard InChI is InChI=1S/C8H14N4O2S/c1-3-4-6(2)12-15(13,14)7-5-10-11-8(7)9/h3,5-6,12H,1,4H2,2H3,(H3,9,10,11). The van der Waals surface area contributed by atoms with Crippen molar-refractivity contribution in [3.63, 3.8) is 0 Å². The van der Waals surface area contributed by atoms with Crippen molar-refractivity contribution in [2.24, 2.45) is 0 Å². The number of rotatable bonds is 5. The molecule has 0 saturated heterocycles. The molecule has 1 aromatic rings. The molecule has 4 N–H and O–H groups in total. The molecule has 15 heavy (non-hydrogen) atoms. The van der Waals surface area contributed by atoms with Crippen molar-refractivity contribution in [1.29, 1.82) is 0 Å². The number of hydrogen-bond donors (Lipinski definition) is 3. The molecule has 7 heteroatoms. The molecule has 1 rings (SSSR count). The number of sulfonamides is 1. The topological polar surface area (TPSA) is 101 Å². The van der Waals surface area contributed by atoms with Gasteiger partial charge in [-0.3, -0.25) is 5.10 Å². The van der Waals surface area contributed by atoms with E-state index in [9.17, 15) is 8.42 Å². The van der Waals surface area contributed by atoms with Gasteiger partial charge in [0.15, 0.2) is 0 Å². The summed E-state index contributed by atoms with van der Waals surface area (Å²) < 4.78 is 25.9. The molecule has 1 aromatic heterocycles. The van der Waals surface area contributed by atoms with Crippen LogP contribution in [-0.2, 0) is 10.0 Å². The van der Waals surface area contributed by atoms with E-state index in [1.165, 1.54) is 6.20 Å². The van der Waals surface area contributed by atoms with Crippen LogP contribution >= 0.6 is 0 Å². The molecule has 1 atom stereocenters. The molecule has 0 amide bonds. The summed E-state index contributed by atoms with van der Waals surface area (Å²) in [5, 5.41) is 5.92. The fraction of sp³-hybridized carbons (Fsp3) is 0.375. The van der Waals surface area contributed by atoms with E-state index in [1.54, 1.807) is 13.0 Å². The summed E-state index contributed by atoms with van der Waals surface area (Å²) in [4.78, 5) is -0.0292. The smallest absolute Gasteiger partial charge is 0.246 e. The van der Waals surface area contributed by atoms with Crippen LogP contribution < -0.4 is 10.5 Å². The van der Waals surface area contributed by atoms with Gasteiger partial charge in [-0.05, 0) is 13.3 Å². The quantitative estimate of drug-likeness (QED) is 0.630. The molecule has 0 aliphatic rings. The molecule has 6 nitrogen and oxygen atoms in total. The highest BCUT2D eigenvalue weighted by Gasteiger charge is 2.20. The third kappa shape index (κ3) is 2.80. The number of aromatic nitrogens is 2. The maximum Gasteiger partial charge on any atom is 0.246 e.